The summed E-state index contributed by atoms with van der Waals surface area (Å²) in [5.41, 5.74) is 0. The van der Waals surface area contributed by atoms with Gasteiger partial charge in [0.15, 0.2) is 0 Å². The molecule has 1 fully saturated rings. The molecule has 0 aliphatic carbocycles. The van der Waals surface area contributed by atoms with E-state index >= 15 is 0 Å². The molecule has 1 saturated heterocycles. The van der Waals surface area contributed by atoms with E-state index < -0.39 is 8.07 Å². The van der Waals surface area contributed by atoms with Gasteiger partial charge in [0.05, 0.1) is 8.07 Å². The molecule has 2 heteroatoms. The number of likely N-dealkylation sites (tertiary alicyclic amines) is 1. The molecule has 1 aliphatic rings. The first-order valence-electron chi connectivity index (χ1n) is 7.09. The molecule has 0 saturated carbocycles. The predicted octanol–water partition coefficient (Wildman–Crippen LogP) is 4.15. The maximum Gasteiger partial charge on any atom is 0.0580 e. The monoisotopic (exact) mass is 239 g/mol. The summed E-state index contributed by atoms with van der Waals surface area (Å²) >= 11 is 0. The van der Waals surface area contributed by atoms with E-state index in [0.29, 0.717) is 0 Å². The minimum atomic E-state index is -0.987. The van der Waals surface area contributed by atoms with E-state index in [0.717, 1.165) is 0 Å². The molecule has 0 atom stereocenters. The first-order chi connectivity index (χ1) is 7.76. The number of nitrogens with zero attached hydrogens (tertiary/aromatic N) is 1. The highest BCUT2D eigenvalue weighted by molar-refractivity contribution is 6.80. The van der Waals surface area contributed by atoms with Crippen molar-refractivity contribution in [3.8, 4) is 0 Å². The van der Waals surface area contributed by atoms with Gasteiger partial charge < -0.3 is 4.90 Å². The second-order valence-electron chi connectivity index (χ2n) is 5.35. The van der Waals surface area contributed by atoms with Gasteiger partial charge in [0.1, 0.15) is 0 Å². The van der Waals surface area contributed by atoms with Gasteiger partial charge in [-0.3, -0.25) is 0 Å². The van der Waals surface area contributed by atoms with Gasteiger partial charge in [0, 0.05) is 0 Å². The molecule has 1 heterocycles. The van der Waals surface area contributed by atoms with Crippen molar-refractivity contribution in [2.75, 3.05) is 19.6 Å². The lowest BCUT2D eigenvalue weighted by atomic mass is 10.1. The van der Waals surface area contributed by atoms with Crippen molar-refractivity contribution >= 4 is 8.07 Å². The van der Waals surface area contributed by atoms with Crippen molar-refractivity contribution in [1.82, 2.24) is 4.90 Å². The van der Waals surface area contributed by atoms with Gasteiger partial charge in [-0.15, -0.1) is 6.58 Å². The Bertz CT molecular complexity index is 193. The summed E-state index contributed by atoms with van der Waals surface area (Å²) in [4.78, 5) is 2.69. The molecule has 94 valence electrons. The summed E-state index contributed by atoms with van der Waals surface area (Å²) < 4.78 is 0. The number of allylic oxidation sites excluding steroid dienone is 1. The van der Waals surface area contributed by atoms with E-state index in [1.807, 2.05) is 0 Å². The van der Waals surface area contributed by atoms with Crippen molar-refractivity contribution in [3.05, 3.63) is 12.7 Å². The van der Waals surface area contributed by atoms with Crippen LogP contribution in [0.2, 0.25) is 24.2 Å². The second-order valence-corrected chi connectivity index (χ2v) is 10.7. The molecular weight excluding hydrogens is 210 g/mol. The van der Waals surface area contributed by atoms with E-state index in [1.54, 1.807) is 0 Å². The summed E-state index contributed by atoms with van der Waals surface area (Å²) in [5, 5.41) is 0. The summed E-state index contributed by atoms with van der Waals surface area (Å²) in [6.07, 6.45) is 6.48. The molecule has 0 spiro atoms. The van der Waals surface area contributed by atoms with Crippen LogP contribution in [-0.4, -0.2) is 32.6 Å². The predicted molar refractivity (Wildman–Crippen MR) is 76.8 cm³/mol. The average Bonchev–Trinajstić information content (AvgIpc) is 2.36. The zero-order chi connectivity index (χ0) is 11.9. The first kappa shape index (κ1) is 14.0. The Labute approximate surface area is 103 Å². The van der Waals surface area contributed by atoms with Crippen LogP contribution in [0.15, 0.2) is 12.7 Å². The van der Waals surface area contributed by atoms with Gasteiger partial charge >= 0.3 is 0 Å². The molecule has 16 heavy (non-hydrogen) atoms. The highest BCUT2D eigenvalue weighted by Gasteiger charge is 2.27. The van der Waals surface area contributed by atoms with Gasteiger partial charge in [0.25, 0.3) is 0 Å². The third kappa shape index (κ3) is 4.06. The number of hydrogen-bond donors (Lipinski definition) is 0. The zero-order valence-corrected chi connectivity index (χ0v) is 12.3. The summed E-state index contributed by atoms with van der Waals surface area (Å²) in [6.45, 7) is 12.8. The molecule has 1 rings (SSSR count). The quantitative estimate of drug-likeness (QED) is 0.476. The smallest absolute Gasteiger partial charge is 0.0580 e. The second kappa shape index (κ2) is 7.28. The Morgan fingerprint density at radius 2 is 1.75 bits per heavy atom. The van der Waals surface area contributed by atoms with Gasteiger partial charge in [-0.25, -0.2) is 0 Å². The first-order valence-corrected chi connectivity index (χ1v) is 9.92. The minimum absolute atomic E-state index is 0.987. The van der Waals surface area contributed by atoms with Crippen LogP contribution in [0.25, 0.3) is 0 Å². The van der Waals surface area contributed by atoms with Crippen LogP contribution >= 0.6 is 0 Å². The molecule has 1 nitrogen and oxygen atoms in total. The highest BCUT2D eigenvalue weighted by atomic mass is 28.3. The van der Waals surface area contributed by atoms with Crippen LogP contribution < -0.4 is 0 Å². The summed E-state index contributed by atoms with van der Waals surface area (Å²) in [7, 11) is -0.987. The molecule has 0 aromatic rings. The maximum absolute atomic E-state index is 3.96. The van der Waals surface area contributed by atoms with Crippen LogP contribution in [0.3, 0.4) is 0 Å². The Morgan fingerprint density at radius 3 is 2.25 bits per heavy atom. The molecule has 0 bridgehead atoms. The fraction of sp³-hybridized carbons (Fsp3) is 0.857. The molecule has 1 aliphatic heterocycles. The largest absolute Gasteiger partial charge is 0.304 e. The Balaban J connectivity index is 2.38. The van der Waals surface area contributed by atoms with Gasteiger partial charge in [-0.2, -0.15) is 0 Å². The lowest BCUT2D eigenvalue weighted by Gasteiger charge is -2.33. The van der Waals surface area contributed by atoms with E-state index in [4.69, 9.17) is 0 Å². The third-order valence-corrected chi connectivity index (χ3v) is 9.92. The van der Waals surface area contributed by atoms with Crippen molar-refractivity contribution in [2.45, 2.75) is 57.3 Å². The zero-order valence-electron chi connectivity index (χ0n) is 11.3. The highest BCUT2D eigenvalue weighted by Crippen LogP contribution is 2.26. The topological polar surface area (TPSA) is 3.24 Å². The van der Waals surface area contributed by atoms with E-state index in [-0.39, 0.29) is 0 Å². The normalized spacial score (nSPS) is 18.6. The summed E-state index contributed by atoms with van der Waals surface area (Å²) in [6, 6.07) is 5.69. The van der Waals surface area contributed by atoms with Crippen LogP contribution in [0, 0.1) is 0 Å². The number of hydrogen-bond acceptors (Lipinski definition) is 1. The molecule has 0 N–H and O–H groups in total. The molecular formula is C14H29NSi. The van der Waals surface area contributed by atoms with Gasteiger partial charge in [-0.05, 0) is 44.6 Å². The molecule has 0 aromatic carbocycles. The molecule has 0 aromatic heterocycles. The fourth-order valence-electron chi connectivity index (χ4n) is 2.88. The van der Waals surface area contributed by atoms with Crippen LogP contribution in [0.5, 0.6) is 0 Å². The Morgan fingerprint density at radius 1 is 1.12 bits per heavy atom. The maximum atomic E-state index is 3.96. The van der Waals surface area contributed by atoms with Crippen molar-refractivity contribution in [3.63, 3.8) is 0 Å². The van der Waals surface area contributed by atoms with Crippen LogP contribution in [-0.2, 0) is 0 Å². The SMILES string of the molecule is C=CC[Si](CC)(CC)CCN1CCCCC1. The number of piperidine rings is 1. The lowest BCUT2D eigenvalue weighted by molar-refractivity contribution is 0.239. The Hall–Kier alpha value is -0.0831. The average molecular weight is 239 g/mol. The lowest BCUT2D eigenvalue weighted by Crippen LogP contribution is -2.38. The fourth-order valence-corrected chi connectivity index (χ4v) is 6.27. The van der Waals surface area contributed by atoms with Crippen LogP contribution in [0.1, 0.15) is 33.1 Å². The summed E-state index contributed by atoms with van der Waals surface area (Å²) in [5.74, 6) is 0. The van der Waals surface area contributed by atoms with E-state index in [2.05, 4.69) is 31.4 Å². The van der Waals surface area contributed by atoms with Crippen LogP contribution in [0.4, 0.5) is 0 Å². The molecule has 0 unspecified atom stereocenters. The molecule has 0 radical (unpaired) electrons. The van der Waals surface area contributed by atoms with Gasteiger partial charge in [0.2, 0.25) is 0 Å². The third-order valence-electron chi connectivity index (χ3n) is 4.48. The van der Waals surface area contributed by atoms with Crippen molar-refractivity contribution in [2.24, 2.45) is 0 Å². The molecule has 0 amide bonds. The van der Waals surface area contributed by atoms with E-state index in [1.165, 1.54) is 63.1 Å². The van der Waals surface area contributed by atoms with E-state index in [9.17, 15) is 0 Å². The minimum Gasteiger partial charge on any atom is -0.304 e. The number of rotatable bonds is 7. The standard InChI is InChI=1S/C14H29NSi/c1-4-13-16(5-2,6-3)14-12-15-10-8-7-9-11-15/h4H,1,5-14H2,2-3H3. The Kier molecular flexibility index (Phi) is 6.36. The van der Waals surface area contributed by atoms with Crippen molar-refractivity contribution < 1.29 is 0 Å². The van der Waals surface area contributed by atoms with Crippen molar-refractivity contribution in [1.29, 1.82) is 0 Å². The van der Waals surface area contributed by atoms with Gasteiger partial charge in [-0.1, -0.05) is 38.4 Å².